The van der Waals surface area contributed by atoms with Gasteiger partial charge in [-0.05, 0) is 55.9 Å². The molecule has 3 rings (SSSR count). The SMILES string of the molecule is [CH2-]/C(C)=C([CH2-])/C(=N\C(=C\CC)N1CCOC(C)C1)Nc1ccc(C2CCCCC2)cc1.[U+2]. The van der Waals surface area contributed by atoms with E-state index < -0.39 is 0 Å². The molecule has 32 heavy (non-hydrogen) atoms. The third-order valence-electron chi connectivity index (χ3n) is 6.23. The Hall–Kier alpha value is -1.28. The van der Waals surface area contributed by atoms with Gasteiger partial charge in [0.05, 0.1) is 12.7 Å². The summed E-state index contributed by atoms with van der Waals surface area (Å²) < 4.78 is 5.72. The number of nitrogens with one attached hydrogen (secondary N) is 1. The minimum atomic E-state index is 0. The molecule has 0 bridgehead atoms. The van der Waals surface area contributed by atoms with Crippen LogP contribution in [0.15, 0.2) is 52.3 Å². The average molecular weight is 660 g/mol. The maximum absolute atomic E-state index is 5.72. The van der Waals surface area contributed by atoms with Crippen molar-refractivity contribution in [3.63, 3.8) is 0 Å². The van der Waals surface area contributed by atoms with Gasteiger partial charge in [-0.1, -0.05) is 44.2 Å². The molecule has 172 valence electrons. The van der Waals surface area contributed by atoms with Gasteiger partial charge in [0.1, 0.15) is 5.82 Å². The van der Waals surface area contributed by atoms with Crippen molar-refractivity contribution in [1.29, 1.82) is 0 Å². The Balaban J connectivity index is 0.00000363. The van der Waals surface area contributed by atoms with Crippen LogP contribution >= 0.6 is 0 Å². The number of rotatable bonds is 6. The zero-order valence-electron chi connectivity index (χ0n) is 20.1. The monoisotopic (exact) mass is 659 g/mol. The van der Waals surface area contributed by atoms with E-state index in [0.29, 0.717) is 5.92 Å². The molecule has 1 heterocycles. The summed E-state index contributed by atoms with van der Waals surface area (Å²) in [6, 6.07) is 8.88. The fourth-order valence-corrected chi connectivity index (χ4v) is 4.35. The first kappa shape index (κ1) is 27.0. The number of amidine groups is 1. The molecular formula is C27H39N3OU. The second-order valence-corrected chi connectivity index (χ2v) is 8.90. The average Bonchev–Trinajstić information content (AvgIpc) is 2.78. The van der Waals surface area contributed by atoms with E-state index in [0.717, 1.165) is 54.6 Å². The third-order valence-corrected chi connectivity index (χ3v) is 6.23. The molecule has 1 aromatic carbocycles. The van der Waals surface area contributed by atoms with Crippen molar-refractivity contribution in [1.82, 2.24) is 4.90 Å². The normalized spacial score (nSPS) is 21.6. The third kappa shape index (κ3) is 7.65. The summed E-state index contributed by atoms with van der Waals surface area (Å²) in [5.41, 5.74) is 4.24. The minimum absolute atomic E-state index is 0. The van der Waals surface area contributed by atoms with Crippen molar-refractivity contribution in [2.24, 2.45) is 4.99 Å². The Morgan fingerprint density at radius 2 is 1.88 bits per heavy atom. The van der Waals surface area contributed by atoms with Crippen LogP contribution in [0.2, 0.25) is 0 Å². The first-order valence-electron chi connectivity index (χ1n) is 11.9. The quantitative estimate of drug-likeness (QED) is 0.215. The van der Waals surface area contributed by atoms with Gasteiger partial charge in [0.15, 0.2) is 0 Å². The first-order valence-corrected chi connectivity index (χ1v) is 11.9. The van der Waals surface area contributed by atoms with Gasteiger partial charge in [0.25, 0.3) is 0 Å². The summed E-state index contributed by atoms with van der Waals surface area (Å²) in [5.74, 6) is 2.45. The molecular weight excluding hydrogens is 620 g/mol. The predicted molar refractivity (Wildman–Crippen MR) is 132 cm³/mol. The predicted octanol–water partition coefficient (Wildman–Crippen LogP) is 6.50. The van der Waals surface area contributed by atoms with Gasteiger partial charge in [-0.15, -0.1) is 6.92 Å². The second-order valence-electron chi connectivity index (χ2n) is 8.90. The standard InChI is InChI=1S/C27H39N3O.U/c1-6-10-26(30-17-18-31-21(4)19-30)29-27(22(5)20(2)3)28-25-15-13-24(14-16-25)23-11-8-7-9-12-23;/h10,13-16,21,23H,2,5-9,11-12,17-19H2,1,3-4H3,(H,28,29);/q-2;+2/b22-20-,26-10-;. The largest absolute Gasteiger partial charge is 2.00 e. The van der Waals surface area contributed by atoms with Crippen LogP contribution < -0.4 is 5.32 Å². The molecule has 2 aliphatic rings. The van der Waals surface area contributed by atoms with Crippen molar-refractivity contribution in [2.75, 3.05) is 25.0 Å². The van der Waals surface area contributed by atoms with E-state index in [-0.39, 0.29) is 37.2 Å². The Morgan fingerprint density at radius 3 is 2.47 bits per heavy atom. The number of aliphatic imine (C=N–C) groups is 1. The summed E-state index contributed by atoms with van der Waals surface area (Å²) in [7, 11) is 0. The Kier molecular flexibility index (Phi) is 11.3. The second kappa shape index (κ2) is 13.4. The van der Waals surface area contributed by atoms with Crippen molar-refractivity contribution in [3.05, 3.63) is 66.7 Å². The molecule has 1 aliphatic carbocycles. The zero-order valence-corrected chi connectivity index (χ0v) is 24.3. The summed E-state index contributed by atoms with van der Waals surface area (Å²) in [6.07, 6.45) is 10.0. The molecule has 2 fully saturated rings. The van der Waals surface area contributed by atoms with E-state index >= 15 is 0 Å². The van der Waals surface area contributed by atoms with Crippen LogP contribution in [0.4, 0.5) is 5.69 Å². The van der Waals surface area contributed by atoms with Crippen LogP contribution in [-0.4, -0.2) is 36.5 Å². The zero-order chi connectivity index (χ0) is 22.2. The number of allylic oxidation sites excluding steroid dienone is 2. The van der Waals surface area contributed by atoms with Crippen LogP contribution in [0.3, 0.4) is 0 Å². The van der Waals surface area contributed by atoms with Gasteiger partial charge in [0, 0.05) is 18.8 Å². The number of hydrogen-bond acceptors (Lipinski definition) is 3. The number of hydrogen-bond donors (Lipinski definition) is 1. The molecule has 1 aromatic rings. The van der Waals surface area contributed by atoms with E-state index in [1.165, 1.54) is 37.7 Å². The van der Waals surface area contributed by atoms with Crippen LogP contribution in [0, 0.1) is 45.0 Å². The number of morpholine rings is 1. The smallest absolute Gasteiger partial charge is 0.408 e. The van der Waals surface area contributed by atoms with Gasteiger partial charge < -0.3 is 26.1 Å². The number of ether oxygens (including phenoxy) is 1. The van der Waals surface area contributed by atoms with Crippen molar-refractivity contribution in [2.45, 2.75) is 71.3 Å². The fourth-order valence-electron chi connectivity index (χ4n) is 4.35. The molecule has 1 saturated carbocycles. The topological polar surface area (TPSA) is 36.9 Å². The maximum atomic E-state index is 5.72. The molecule has 0 aromatic heterocycles. The number of nitrogens with zero attached hydrogens (tertiary/aromatic N) is 2. The van der Waals surface area contributed by atoms with Crippen molar-refractivity contribution >= 4 is 11.5 Å². The minimum Gasteiger partial charge on any atom is -0.408 e. The van der Waals surface area contributed by atoms with E-state index in [9.17, 15) is 0 Å². The molecule has 5 heteroatoms. The van der Waals surface area contributed by atoms with E-state index in [1.54, 1.807) is 0 Å². The fraction of sp³-hybridized carbons (Fsp3) is 0.519. The van der Waals surface area contributed by atoms with E-state index in [1.807, 2.05) is 6.92 Å². The summed E-state index contributed by atoms with van der Waals surface area (Å²) in [6.45, 7) is 17.0. The molecule has 1 N–H and O–H groups in total. The molecule has 1 aliphatic heterocycles. The molecule has 1 atom stereocenters. The van der Waals surface area contributed by atoms with Gasteiger partial charge in [-0.2, -0.15) is 0 Å². The Morgan fingerprint density at radius 1 is 1.19 bits per heavy atom. The van der Waals surface area contributed by atoms with Gasteiger partial charge in [-0.3, -0.25) is 18.8 Å². The molecule has 0 radical (unpaired) electrons. The Bertz CT molecular complexity index is 803. The molecule has 4 nitrogen and oxygen atoms in total. The van der Waals surface area contributed by atoms with E-state index in [4.69, 9.17) is 9.73 Å². The van der Waals surface area contributed by atoms with Crippen LogP contribution in [-0.2, 0) is 4.74 Å². The number of anilines is 1. The van der Waals surface area contributed by atoms with Gasteiger partial charge >= 0.3 is 31.1 Å². The van der Waals surface area contributed by atoms with E-state index in [2.05, 4.69) is 68.3 Å². The van der Waals surface area contributed by atoms with Crippen LogP contribution in [0.5, 0.6) is 0 Å². The van der Waals surface area contributed by atoms with Gasteiger partial charge in [-0.25, -0.2) is 0 Å². The van der Waals surface area contributed by atoms with Crippen molar-refractivity contribution < 1.29 is 35.9 Å². The Labute approximate surface area is 219 Å². The maximum Gasteiger partial charge on any atom is 2.00 e. The number of benzene rings is 1. The van der Waals surface area contributed by atoms with Crippen molar-refractivity contribution in [3.8, 4) is 0 Å². The van der Waals surface area contributed by atoms with Crippen LogP contribution in [0.1, 0.15) is 70.8 Å². The summed E-state index contributed by atoms with van der Waals surface area (Å²) in [4.78, 5) is 7.33. The summed E-state index contributed by atoms with van der Waals surface area (Å²) >= 11 is 0. The molecule has 1 saturated heterocycles. The summed E-state index contributed by atoms with van der Waals surface area (Å²) in [5, 5.41) is 3.52. The van der Waals surface area contributed by atoms with Gasteiger partial charge in [0.2, 0.25) is 0 Å². The van der Waals surface area contributed by atoms with Crippen LogP contribution in [0.25, 0.3) is 0 Å². The molecule has 0 spiro atoms. The first-order chi connectivity index (χ1) is 15.0. The molecule has 1 unspecified atom stereocenters. The molecule has 0 amide bonds.